The van der Waals surface area contributed by atoms with Crippen LogP contribution >= 0.6 is 23.1 Å². The number of anilines is 2. The number of carbonyl (C=O) groups excluding carboxylic acids is 1. The molecule has 0 aliphatic carbocycles. The van der Waals surface area contributed by atoms with Gasteiger partial charge in [0.1, 0.15) is 9.88 Å². The number of nitrogens with two attached hydrogens (primary N) is 2. The third kappa shape index (κ3) is 3.33. The first-order valence-corrected chi connectivity index (χ1v) is 8.51. The number of nitrogens with zero attached hydrogens (tertiary/aromatic N) is 1. The Bertz CT molecular complexity index is 667. The first-order valence-electron chi connectivity index (χ1n) is 6.46. The van der Waals surface area contributed by atoms with Crippen LogP contribution in [0.5, 0.6) is 0 Å². The minimum absolute atomic E-state index is 0.436. The lowest BCUT2D eigenvalue weighted by Crippen LogP contribution is -2.15. The molecule has 1 amide bonds. The lowest BCUT2D eigenvalue weighted by atomic mass is 10.1. The molecule has 4 nitrogen and oxygen atoms in total. The minimum Gasteiger partial charge on any atom is -0.396 e. The molecule has 112 valence electrons. The maximum Gasteiger partial charge on any atom is 0.261 e. The molecule has 2 aromatic rings. The van der Waals surface area contributed by atoms with Crippen molar-refractivity contribution in [3.8, 4) is 0 Å². The van der Waals surface area contributed by atoms with Gasteiger partial charge in [0.25, 0.3) is 5.91 Å². The lowest BCUT2D eigenvalue weighted by molar-refractivity contribution is 0.100. The highest BCUT2D eigenvalue weighted by molar-refractivity contribution is 7.99. The summed E-state index contributed by atoms with van der Waals surface area (Å²) in [5.41, 5.74) is 14.4. The first kappa shape index (κ1) is 15.7. The first-order chi connectivity index (χ1) is 9.93. The molecule has 0 unspecified atom stereocenters. The highest BCUT2D eigenvalue weighted by Gasteiger charge is 2.21. The van der Waals surface area contributed by atoms with Gasteiger partial charge in [-0.1, -0.05) is 29.8 Å². The maximum absolute atomic E-state index is 11.5. The SMILES string of the molecule is CSc1c(N(C)Cc2cccc(C)c2)sc(C(N)=O)c1N. The van der Waals surface area contributed by atoms with E-state index in [4.69, 9.17) is 11.5 Å². The van der Waals surface area contributed by atoms with E-state index in [0.717, 1.165) is 16.4 Å². The van der Waals surface area contributed by atoms with Gasteiger partial charge in [-0.2, -0.15) is 0 Å². The Labute approximate surface area is 133 Å². The van der Waals surface area contributed by atoms with E-state index >= 15 is 0 Å². The zero-order chi connectivity index (χ0) is 15.6. The number of carbonyl (C=O) groups is 1. The molecule has 0 saturated carbocycles. The number of nitrogen functional groups attached to an aromatic ring is 1. The summed E-state index contributed by atoms with van der Waals surface area (Å²) >= 11 is 2.89. The van der Waals surface area contributed by atoms with Crippen molar-refractivity contribution in [1.29, 1.82) is 0 Å². The van der Waals surface area contributed by atoms with Crippen LogP contribution in [0.15, 0.2) is 29.2 Å². The number of hydrogen-bond donors (Lipinski definition) is 2. The fourth-order valence-electron chi connectivity index (χ4n) is 2.20. The van der Waals surface area contributed by atoms with Crippen molar-refractivity contribution in [2.75, 3.05) is 23.9 Å². The van der Waals surface area contributed by atoms with Gasteiger partial charge in [-0.25, -0.2) is 0 Å². The highest BCUT2D eigenvalue weighted by Crippen LogP contribution is 2.43. The Morgan fingerprint density at radius 1 is 1.43 bits per heavy atom. The summed E-state index contributed by atoms with van der Waals surface area (Å²) in [6.45, 7) is 2.83. The largest absolute Gasteiger partial charge is 0.396 e. The second-order valence-corrected chi connectivity index (χ2v) is 6.71. The summed E-state index contributed by atoms with van der Waals surface area (Å²) < 4.78 is 0. The number of rotatable bonds is 5. The van der Waals surface area contributed by atoms with E-state index in [1.54, 1.807) is 0 Å². The van der Waals surface area contributed by atoms with Crippen molar-refractivity contribution in [1.82, 2.24) is 0 Å². The summed E-state index contributed by atoms with van der Waals surface area (Å²) in [5, 5.41) is 0.982. The van der Waals surface area contributed by atoms with E-state index < -0.39 is 5.91 Å². The van der Waals surface area contributed by atoms with Crippen LogP contribution in [0.1, 0.15) is 20.8 Å². The minimum atomic E-state index is -0.469. The Morgan fingerprint density at radius 2 is 2.14 bits per heavy atom. The van der Waals surface area contributed by atoms with Gasteiger partial charge in [0, 0.05) is 13.6 Å². The number of thiophene rings is 1. The van der Waals surface area contributed by atoms with E-state index in [1.807, 2.05) is 19.4 Å². The molecular formula is C15H19N3OS2. The molecular weight excluding hydrogens is 302 g/mol. The number of amides is 1. The molecule has 1 aromatic heterocycles. The molecule has 1 heterocycles. The smallest absolute Gasteiger partial charge is 0.261 e. The third-order valence-electron chi connectivity index (χ3n) is 3.16. The van der Waals surface area contributed by atoms with Gasteiger partial charge < -0.3 is 16.4 Å². The standard InChI is InChI=1S/C15H19N3OS2/c1-9-5-4-6-10(7-9)8-18(2)15-13(20-3)11(16)12(21-15)14(17)19/h4-7H,8,16H2,1-3H3,(H2,17,19). The van der Waals surface area contributed by atoms with Gasteiger partial charge in [-0.05, 0) is 18.7 Å². The normalized spacial score (nSPS) is 10.6. The molecule has 0 bridgehead atoms. The van der Waals surface area contributed by atoms with Crippen LogP contribution in [0, 0.1) is 6.92 Å². The van der Waals surface area contributed by atoms with Crippen LogP contribution in [-0.2, 0) is 6.54 Å². The van der Waals surface area contributed by atoms with Crippen molar-refractivity contribution >= 4 is 39.7 Å². The van der Waals surface area contributed by atoms with E-state index in [2.05, 4.69) is 30.0 Å². The Morgan fingerprint density at radius 3 is 2.71 bits per heavy atom. The van der Waals surface area contributed by atoms with E-state index in [1.165, 1.54) is 34.2 Å². The quantitative estimate of drug-likeness (QED) is 0.830. The van der Waals surface area contributed by atoms with E-state index in [0.29, 0.717) is 10.6 Å². The van der Waals surface area contributed by atoms with Gasteiger partial charge in [0.2, 0.25) is 0 Å². The number of primary amides is 1. The van der Waals surface area contributed by atoms with Gasteiger partial charge >= 0.3 is 0 Å². The van der Waals surface area contributed by atoms with Crippen LogP contribution < -0.4 is 16.4 Å². The van der Waals surface area contributed by atoms with Crippen molar-refractivity contribution in [3.63, 3.8) is 0 Å². The molecule has 1 aromatic carbocycles. The lowest BCUT2D eigenvalue weighted by Gasteiger charge is -2.19. The molecule has 0 aliphatic rings. The maximum atomic E-state index is 11.5. The van der Waals surface area contributed by atoms with Crippen LogP contribution in [0.4, 0.5) is 10.7 Å². The Hall–Kier alpha value is -1.66. The topological polar surface area (TPSA) is 72.3 Å². The van der Waals surface area contributed by atoms with Crippen molar-refractivity contribution in [2.45, 2.75) is 18.4 Å². The molecule has 0 radical (unpaired) electrons. The third-order valence-corrected chi connectivity index (χ3v) is 5.44. The average molecular weight is 321 g/mol. The highest BCUT2D eigenvalue weighted by atomic mass is 32.2. The van der Waals surface area contributed by atoms with Crippen LogP contribution in [0.25, 0.3) is 0 Å². The molecule has 6 heteroatoms. The second-order valence-electron chi connectivity index (χ2n) is 4.89. The Kier molecular flexibility index (Phi) is 4.80. The molecule has 21 heavy (non-hydrogen) atoms. The zero-order valence-corrected chi connectivity index (χ0v) is 14.0. The fourth-order valence-corrected chi connectivity index (χ4v) is 4.23. The Balaban J connectivity index is 2.32. The molecule has 0 fully saturated rings. The molecule has 0 aliphatic heterocycles. The van der Waals surface area contributed by atoms with Gasteiger partial charge in [-0.3, -0.25) is 4.79 Å². The predicted octanol–water partition coefficient (Wildman–Crippen LogP) is 3.10. The number of thioether (sulfide) groups is 1. The molecule has 0 saturated heterocycles. The molecule has 0 spiro atoms. The monoisotopic (exact) mass is 321 g/mol. The molecule has 4 N–H and O–H groups in total. The number of aryl methyl sites for hydroxylation is 1. The fraction of sp³-hybridized carbons (Fsp3) is 0.267. The van der Waals surface area contributed by atoms with E-state index in [-0.39, 0.29) is 0 Å². The van der Waals surface area contributed by atoms with Gasteiger partial charge in [0.05, 0.1) is 10.6 Å². The van der Waals surface area contributed by atoms with Crippen LogP contribution in [-0.4, -0.2) is 19.2 Å². The van der Waals surface area contributed by atoms with Gasteiger partial charge in [0.15, 0.2) is 0 Å². The summed E-state index contributed by atoms with van der Waals surface area (Å²) in [5.74, 6) is -0.469. The number of benzene rings is 1. The van der Waals surface area contributed by atoms with Crippen molar-refractivity contribution in [2.24, 2.45) is 5.73 Å². The molecule has 0 atom stereocenters. The summed E-state index contributed by atoms with van der Waals surface area (Å²) in [4.78, 5) is 14.9. The zero-order valence-electron chi connectivity index (χ0n) is 12.3. The van der Waals surface area contributed by atoms with Crippen LogP contribution in [0.3, 0.4) is 0 Å². The summed E-state index contributed by atoms with van der Waals surface area (Å²) in [6, 6.07) is 8.37. The van der Waals surface area contributed by atoms with Crippen molar-refractivity contribution < 1.29 is 4.79 Å². The predicted molar refractivity (Wildman–Crippen MR) is 92.3 cm³/mol. The number of hydrogen-bond acceptors (Lipinski definition) is 5. The summed E-state index contributed by atoms with van der Waals surface area (Å²) in [7, 11) is 2.00. The van der Waals surface area contributed by atoms with Gasteiger partial charge in [-0.15, -0.1) is 23.1 Å². The molecule has 2 rings (SSSR count). The summed E-state index contributed by atoms with van der Waals surface area (Å²) in [6.07, 6.45) is 1.95. The van der Waals surface area contributed by atoms with Crippen molar-refractivity contribution in [3.05, 3.63) is 40.3 Å². The van der Waals surface area contributed by atoms with E-state index in [9.17, 15) is 4.79 Å². The average Bonchev–Trinajstić information content (AvgIpc) is 2.75. The van der Waals surface area contributed by atoms with Crippen LogP contribution in [0.2, 0.25) is 0 Å². The second kappa shape index (κ2) is 6.41.